The fraction of sp³-hybridized carbons (Fsp3) is 0.0714. The van der Waals surface area contributed by atoms with E-state index in [1.807, 2.05) is 0 Å². The Bertz CT molecular complexity index is 559. The molecule has 0 aliphatic rings. The van der Waals surface area contributed by atoms with Crippen LogP contribution in [0.2, 0.25) is 0 Å². The normalized spacial score (nSPS) is 10.3. The topological polar surface area (TPSA) is 17.1 Å². The van der Waals surface area contributed by atoms with E-state index in [0.717, 1.165) is 0 Å². The SMILES string of the molecule is CC(=O)c1ccc(F)c(-c2ccc(F)cc2)c1. The maximum Gasteiger partial charge on any atom is 0.159 e. The van der Waals surface area contributed by atoms with Crippen molar-refractivity contribution in [3.05, 3.63) is 59.7 Å². The monoisotopic (exact) mass is 232 g/mol. The van der Waals surface area contributed by atoms with E-state index in [1.54, 1.807) is 0 Å². The molecule has 0 radical (unpaired) electrons. The maximum atomic E-state index is 13.6. The summed E-state index contributed by atoms with van der Waals surface area (Å²) in [5.74, 6) is -0.938. The van der Waals surface area contributed by atoms with Crippen molar-refractivity contribution in [2.45, 2.75) is 6.92 Å². The van der Waals surface area contributed by atoms with Crippen molar-refractivity contribution in [2.75, 3.05) is 0 Å². The number of halogens is 2. The molecule has 0 atom stereocenters. The van der Waals surface area contributed by atoms with Gasteiger partial charge in [-0.3, -0.25) is 4.79 Å². The average Bonchev–Trinajstić information content (AvgIpc) is 2.31. The van der Waals surface area contributed by atoms with E-state index in [-0.39, 0.29) is 11.6 Å². The highest BCUT2D eigenvalue weighted by atomic mass is 19.1. The van der Waals surface area contributed by atoms with Crippen molar-refractivity contribution < 1.29 is 13.6 Å². The van der Waals surface area contributed by atoms with Crippen LogP contribution in [0.4, 0.5) is 8.78 Å². The van der Waals surface area contributed by atoms with Crippen LogP contribution in [0.5, 0.6) is 0 Å². The molecule has 0 bridgehead atoms. The number of carbonyl (C=O) groups excluding carboxylic acids is 1. The molecule has 0 aliphatic carbocycles. The van der Waals surface area contributed by atoms with Gasteiger partial charge in [0.15, 0.2) is 5.78 Å². The summed E-state index contributed by atoms with van der Waals surface area (Å²) in [5.41, 5.74) is 1.29. The van der Waals surface area contributed by atoms with E-state index in [9.17, 15) is 13.6 Å². The van der Waals surface area contributed by atoms with Gasteiger partial charge in [-0.25, -0.2) is 8.78 Å². The minimum absolute atomic E-state index is 0.131. The molecule has 0 fully saturated rings. The third-order valence-corrected chi connectivity index (χ3v) is 2.53. The quantitative estimate of drug-likeness (QED) is 0.719. The van der Waals surface area contributed by atoms with Crippen molar-refractivity contribution in [1.82, 2.24) is 0 Å². The van der Waals surface area contributed by atoms with Crippen LogP contribution in [-0.2, 0) is 0 Å². The fourth-order valence-corrected chi connectivity index (χ4v) is 1.59. The minimum atomic E-state index is -0.429. The second kappa shape index (κ2) is 4.45. The lowest BCUT2D eigenvalue weighted by atomic mass is 10.0. The summed E-state index contributed by atoms with van der Waals surface area (Å²) in [5, 5.41) is 0. The van der Waals surface area contributed by atoms with Crippen molar-refractivity contribution in [3.63, 3.8) is 0 Å². The molecule has 2 rings (SSSR count). The molecule has 0 aromatic heterocycles. The minimum Gasteiger partial charge on any atom is -0.295 e. The van der Waals surface area contributed by atoms with Gasteiger partial charge < -0.3 is 0 Å². The highest BCUT2D eigenvalue weighted by Gasteiger charge is 2.08. The van der Waals surface area contributed by atoms with Crippen LogP contribution in [-0.4, -0.2) is 5.78 Å². The highest BCUT2D eigenvalue weighted by Crippen LogP contribution is 2.24. The first-order valence-corrected chi connectivity index (χ1v) is 5.14. The highest BCUT2D eigenvalue weighted by molar-refractivity contribution is 5.95. The van der Waals surface area contributed by atoms with Gasteiger partial charge in [0.1, 0.15) is 11.6 Å². The van der Waals surface area contributed by atoms with Crippen LogP contribution in [0.25, 0.3) is 11.1 Å². The van der Waals surface area contributed by atoms with E-state index in [2.05, 4.69) is 0 Å². The second-order valence-corrected chi connectivity index (χ2v) is 3.76. The largest absolute Gasteiger partial charge is 0.295 e. The molecule has 0 aliphatic heterocycles. The molecule has 17 heavy (non-hydrogen) atoms. The number of benzene rings is 2. The van der Waals surface area contributed by atoms with E-state index in [0.29, 0.717) is 16.7 Å². The van der Waals surface area contributed by atoms with Crippen molar-refractivity contribution in [1.29, 1.82) is 0 Å². The Balaban J connectivity index is 2.54. The summed E-state index contributed by atoms with van der Waals surface area (Å²) in [6.45, 7) is 1.42. The zero-order valence-corrected chi connectivity index (χ0v) is 9.21. The first-order valence-electron chi connectivity index (χ1n) is 5.14. The van der Waals surface area contributed by atoms with E-state index >= 15 is 0 Å². The number of hydrogen-bond donors (Lipinski definition) is 0. The predicted octanol–water partition coefficient (Wildman–Crippen LogP) is 3.83. The summed E-state index contributed by atoms with van der Waals surface area (Å²) in [4.78, 5) is 11.2. The van der Waals surface area contributed by atoms with Crippen LogP contribution in [0, 0.1) is 11.6 Å². The molecule has 2 aromatic rings. The Labute approximate surface area is 97.7 Å². The molecule has 2 aromatic carbocycles. The lowest BCUT2D eigenvalue weighted by Gasteiger charge is -2.05. The van der Waals surface area contributed by atoms with Gasteiger partial charge in [0.2, 0.25) is 0 Å². The maximum absolute atomic E-state index is 13.6. The third-order valence-electron chi connectivity index (χ3n) is 2.53. The van der Waals surface area contributed by atoms with Gasteiger partial charge in [-0.15, -0.1) is 0 Å². The van der Waals surface area contributed by atoms with Crippen LogP contribution < -0.4 is 0 Å². The van der Waals surface area contributed by atoms with Crippen molar-refractivity contribution in [3.8, 4) is 11.1 Å². The Morgan fingerprint density at radius 2 is 1.65 bits per heavy atom. The Morgan fingerprint density at radius 1 is 1.00 bits per heavy atom. The number of rotatable bonds is 2. The predicted molar refractivity (Wildman–Crippen MR) is 61.8 cm³/mol. The number of Topliss-reactive ketones (excluding diaryl/α,β-unsaturated/α-hetero) is 1. The fourth-order valence-electron chi connectivity index (χ4n) is 1.59. The summed E-state index contributed by atoms with van der Waals surface area (Å²) in [6, 6.07) is 9.64. The zero-order chi connectivity index (χ0) is 12.4. The molecule has 0 amide bonds. The van der Waals surface area contributed by atoms with E-state index < -0.39 is 5.82 Å². The molecule has 0 unspecified atom stereocenters. The lowest BCUT2D eigenvalue weighted by molar-refractivity contribution is 0.101. The lowest BCUT2D eigenvalue weighted by Crippen LogP contribution is -1.94. The standard InChI is InChI=1S/C14H10F2O/c1-9(17)11-4-7-14(16)13(8-11)10-2-5-12(15)6-3-10/h2-8H,1H3. The van der Waals surface area contributed by atoms with Gasteiger partial charge in [0.05, 0.1) is 0 Å². The van der Waals surface area contributed by atoms with E-state index in [1.165, 1.54) is 49.4 Å². The smallest absolute Gasteiger partial charge is 0.159 e. The Hall–Kier alpha value is -2.03. The first-order chi connectivity index (χ1) is 8.08. The number of hydrogen-bond acceptors (Lipinski definition) is 1. The summed E-state index contributed by atoms with van der Waals surface area (Å²) in [7, 11) is 0. The van der Waals surface area contributed by atoms with Gasteiger partial charge in [0.25, 0.3) is 0 Å². The second-order valence-electron chi connectivity index (χ2n) is 3.76. The van der Waals surface area contributed by atoms with Crippen LogP contribution in [0.15, 0.2) is 42.5 Å². The molecular formula is C14H10F2O. The average molecular weight is 232 g/mol. The first kappa shape index (κ1) is 11.5. The summed E-state index contributed by atoms with van der Waals surface area (Å²) < 4.78 is 26.4. The molecule has 0 saturated carbocycles. The number of ketones is 1. The molecule has 0 spiro atoms. The number of carbonyl (C=O) groups is 1. The van der Waals surface area contributed by atoms with Gasteiger partial charge in [0, 0.05) is 11.1 Å². The molecule has 0 N–H and O–H groups in total. The van der Waals surface area contributed by atoms with Crippen LogP contribution in [0.1, 0.15) is 17.3 Å². The Morgan fingerprint density at radius 3 is 2.24 bits per heavy atom. The molecule has 0 saturated heterocycles. The van der Waals surface area contributed by atoms with Crippen molar-refractivity contribution in [2.24, 2.45) is 0 Å². The van der Waals surface area contributed by atoms with Gasteiger partial charge in [-0.1, -0.05) is 12.1 Å². The molecule has 0 heterocycles. The van der Waals surface area contributed by atoms with Gasteiger partial charge >= 0.3 is 0 Å². The summed E-state index contributed by atoms with van der Waals surface area (Å²) in [6.07, 6.45) is 0. The van der Waals surface area contributed by atoms with Gasteiger partial charge in [-0.2, -0.15) is 0 Å². The summed E-state index contributed by atoms with van der Waals surface area (Å²) >= 11 is 0. The van der Waals surface area contributed by atoms with E-state index in [4.69, 9.17) is 0 Å². The zero-order valence-electron chi connectivity index (χ0n) is 9.21. The molecular weight excluding hydrogens is 222 g/mol. The molecule has 86 valence electrons. The van der Waals surface area contributed by atoms with Crippen LogP contribution in [0.3, 0.4) is 0 Å². The van der Waals surface area contributed by atoms with Crippen LogP contribution >= 0.6 is 0 Å². The van der Waals surface area contributed by atoms with Gasteiger partial charge in [-0.05, 0) is 42.8 Å². The third kappa shape index (κ3) is 2.38. The molecule has 3 heteroatoms. The van der Waals surface area contributed by atoms with Crippen molar-refractivity contribution >= 4 is 5.78 Å². The molecule has 1 nitrogen and oxygen atoms in total. The Kier molecular flexibility index (Phi) is 3.00.